The smallest absolute Gasteiger partial charge is 0.333 e. The number of carbonyl (C=O) groups is 2. The molecule has 2 aromatic carbocycles. The fourth-order valence-electron chi connectivity index (χ4n) is 6.04. The lowest BCUT2D eigenvalue weighted by atomic mass is 10.0. The minimum Gasteiger partial charge on any atom is -0.387 e. The number of hydrogen-bond donors (Lipinski definition) is 4. The number of benzene rings is 2. The molecule has 2 fully saturated rings. The van der Waals surface area contributed by atoms with Crippen molar-refractivity contribution in [1.82, 2.24) is 35.7 Å². The van der Waals surface area contributed by atoms with Gasteiger partial charge >= 0.3 is 6.03 Å². The normalized spacial score (nSPS) is 18.7. The highest BCUT2D eigenvalue weighted by molar-refractivity contribution is 6.26. The lowest BCUT2D eigenvalue weighted by molar-refractivity contribution is 0.0207. The number of nitrogens with one attached hydrogen (secondary N) is 4. The Bertz CT molecular complexity index is 1550. The van der Waals surface area contributed by atoms with Gasteiger partial charge in [0.1, 0.15) is 5.69 Å². The van der Waals surface area contributed by atoms with Gasteiger partial charge in [0, 0.05) is 69.2 Å². The van der Waals surface area contributed by atoms with Crippen LogP contribution >= 0.6 is 0 Å². The Morgan fingerprint density at radius 1 is 0.976 bits per heavy atom. The summed E-state index contributed by atoms with van der Waals surface area (Å²) in [5.74, 6) is -0.147. The second-order valence-corrected chi connectivity index (χ2v) is 10.9. The van der Waals surface area contributed by atoms with Crippen LogP contribution in [0, 0.1) is 0 Å². The summed E-state index contributed by atoms with van der Waals surface area (Å²) < 4.78 is 5.34. The number of amides is 2. The van der Waals surface area contributed by atoms with E-state index in [1.54, 1.807) is 6.07 Å². The summed E-state index contributed by atoms with van der Waals surface area (Å²) in [5.41, 5.74) is 9.79. The molecule has 216 valence electrons. The number of H-pyrrole nitrogens is 1. The summed E-state index contributed by atoms with van der Waals surface area (Å²) in [7, 11) is 0. The van der Waals surface area contributed by atoms with E-state index in [1.807, 2.05) is 35.5 Å². The first-order valence-electron chi connectivity index (χ1n) is 14.5. The molecule has 3 aromatic rings. The van der Waals surface area contributed by atoms with E-state index in [4.69, 9.17) is 4.74 Å². The van der Waals surface area contributed by atoms with Crippen molar-refractivity contribution in [2.75, 3.05) is 64.3 Å². The lowest BCUT2D eigenvalue weighted by Gasteiger charge is -2.37. The Balaban J connectivity index is 1.02. The molecular formula is C31H34N8O3. The van der Waals surface area contributed by atoms with Gasteiger partial charge in [0.05, 0.1) is 35.7 Å². The van der Waals surface area contributed by atoms with Gasteiger partial charge in [-0.2, -0.15) is 5.10 Å². The number of urea groups is 1. The van der Waals surface area contributed by atoms with E-state index in [0.717, 1.165) is 50.4 Å². The monoisotopic (exact) mass is 566 g/mol. The van der Waals surface area contributed by atoms with Crippen LogP contribution in [0.25, 0.3) is 22.5 Å². The van der Waals surface area contributed by atoms with Crippen molar-refractivity contribution in [3.05, 3.63) is 83.2 Å². The van der Waals surface area contributed by atoms with Gasteiger partial charge < -0.3 is 20.3 Å². The summed E-state index contributed by atoms with van der Waals surface area (Å²) in [6.45, 7) is 8.19. The molecule has 0 bridgehead atoms. The molecular weight excluding hydrogens is 532 g/mol. The topological polar surface area (TPSA) is 118 Å². The number of rotatable bonds is 6. The van der Waals surface area contributed by atoms with Gasteiger partial charge in [-0.3, -0.25) is 20.2 Å². The van der Waals surface area contributed by atoms with Crippen LogP contribution in [0.1, 0.15) is 21.5 Å². The van der Waals surface area contributed by atoms with E-state index >= 15 is 0 Å². The maximum absolute atomic E-state index is 13.7. The summed E-state index contributed by atoms with van der Waals surface area (Å²) in [6, 6.07) is 13.4. The molecule has 0 radical (unpaired) electrons. The Morgan fingerprint density at radius 2 is 1.79 bits per heavy atom. The predicted molar refractivity (Wildman–Crippen MR) is 160 cm³/mol. The molecule has 0 atom stereocenters. The molecule has 11 heteroatoms. The van der Waals surface area contributed by atoms with Crippen molar-refractivity contribution in [2.24, 2.45) is 0 Å². The second kappa shape index (κ2) is 11.4. The number of ether oxygens (including phenoxy) is 1. The van der Waals surface area contributed by atoms with E-state index < -0.39 is 0 Å². The number of aromatic nitrogens is 2. The van der Waals surface area contributed by atoms with Crippen molar-refractivity contribution in [1.29, 1.82) is 0 Å². The molecule has 0 saturated carbocycles. The zero-order valence-electron chi connectivity index (χ0n) is 23.4. The van der Waals surface area contributed by atoms with Crippen LogP contribution in [0.3, 0.4) is 0 Å². The summed E-state index contributed by atoms with van der Waals surface area (Å²) in [5, 5.41) is 15.5. The number of fused-ring (bicyclic) bond motifs is 3. The molecule has 0 spiro atoms. The summed E-state index contributed by atoms with van der Waals surface area (Å²) >= 11 is 0. The highest BCUT2D eigenvalue weighted by atomic mass is 16.5. The molecule has 2 amide bonds. The minimum atomic E-state index is -0.385. The van der Waals surface area contributed by atoms with Gasteiger partial charge in [0.15, 0.2) is 5.78 Å². The van der Waals surface area contributed by atoms with E-state index in [2.05, 4.69) is 60.3 Å². The van der Waals surface area contributed by atoms with E-state index in [-0.39, 0.29) is 11.8 Å². The lowest BCUT2D eigenvalue weighted by Crippen LogP contribution is -2.49. The highest BCUT2D eigenvalue weighted by Crippen LogP contribution is 2.43. The zero-order chi connectivity index (χ0) is 28.5. The molecule has 2 saturated heterocycles. The number of anilines is 1. The quantitative estimate of drug-likeness (QED) is 0.282. The molecule has 1 aliphatic carbocycles. The molecule has 0 unspecified atom stereocenters. The molecule has 11 nitrogen and oxygen atoms in total. The van der Waals surface area contributed by atoms with Crippen molar-refractivity contribution >= 4 is 17.5 Å². The van der Waals surface area contributed by atoms with Crippen molar-refractivity contribution in [2.45, 2.75) is 6.54 Å². The molecule has 1 aromatic heterocycles. The predicted octanol–water partition coefficient (Wildman–Crippen LogP) is 2.78. The number of nitrogens with zero attached hydrogens (tertiary/aromatic N) is 4. The second-order valence-electron chi connectivity index (χ2n) is 10.9. The first kappa shape index (κ1) is 26.4. The molecule has 4 N–H and O–H groups in total. The van der Waals surface area contributed by atoms with Crippen LogP contribution in [-0.2, 0) is 11.3 Å². The average Bonchev–Trinajstić information content (AvgIpc) is 3.59. The van der Waals surface area contributed by atoms with Gasteiger partial charge in [-0.1, -0.05) is 36.4 Å². The molecule has 7 rings (SSSR count). The van der Waals surface area contributed by atoms with E-state index in [1.165, 1.54) is 11.3 Å². The number of piperazine rings is 1. The van der Waals surface area contributed by atoms with Gasteiger partial charge in [0.2, 0.25) is 0 Å². The van der Waals surface area contributed by atoms with Crippen LogP contribution in [0.4, 0.5) is 10.5 Å². The number of morpholine rings is 1. The summed E-state index contributed by atoms with van der Waals surface area (Å²) in [6.07, 6.45) is 6.41. The number of carbonyl (C=O) groups excluding carboxylic acids is 2. The largest absolute Gasteiger partial charge is 0.387 e. The number of hydrogen-bond acceptors (Lipinski definition) is 8. The number of dihydropyridines is 1. The average molecular weight is 567 g/mol. The molecule has 4 heterocycles. The number of allylic oxidation sites excluding steroid dienone is 1. The maximum atomic E-state index is 13.7. The van der Waals surface area contributed by atoms with Crippen LogP contribution in [0.2, 0.25) is 0 Å². The van der Waals surface area contributed by atoms with Crippen LogP contribution in [0.15, 0.2) is 66.5 Å². The Kier molecular flexibility index (Phi) is 7.20. The minimum absolute atomic E-state index is 0.147. The maximum Gasteiger partial charge on any atom is 0.333 e. The molecule has 42 heavy (non-hydrogen) atoms. The third kappa shape index (κ3) is 5.18. The van der Waals surface area contributed by atoms with Gasteiger partial charge in [0.25, 0.3) is 0 Å². The Hall–Kier alpha value is -4.45. The summed E-state index contributed by atoms with van der Waals surface area (Å²) in [4.78, 5) is 31.4. The van der Waals surface area contributed by atoms with Gasteiger partial charge in [-0.25, -0.2) is 9.80 Å². The number of ketones is 1. The van der Waals surface area contributed by atoms with Gasteiger partial charge in [-0.05, 0) is 30.0 Å². The van der Waals surface area contributed by atoms with Crippen LogP contribution in [0.5, 0.6) is 0 Å². The number of aromatic amines is 1. The first-order valence-corrected chi connectivity index (χ1v) is 14.5. The SMILES string of the molecule is O=C(Nc1cccc2c1C(=O)c1c(-c3ccc(CN4CCN(C5=CCNC=C5)CC4)cc3)n[nH]c1-2)NN1CCOCC1. The Morgan fingerprint density at radius 3 is 2.55 bits per heavy atom. The van der Waals surface area contributed by atoms with Crippen molar-refractivity contribution in [3.8, 4) is 22.5 Å². The molecule has 3 aliphatic heterocycles. The van der Waals surface area contributed by atoms with Gasteiger partial charge in [-0.15, -0.1) is 0 Å². The van der Waals surface area contributed by atoms with Crippen LogP contribution < -0.4 is 16.1 Å². The third-order valence-electron chi connectivity index (χ3n) is 8.25. The number of hydrazine groups is 1. The fourth-order valence-corrected chi connectivity index (χ4v) is 6.04. The first-order chi connectivity index (χ1) is 20.6. The van der Waals surface area contributed by atoms with Crippen LogP contribution in [-0.4, -0.2) is 95.8 Å². The standard InChI is InChI=1S/C31H34N8O3/c40-30-26-24(2-1-3-25(26)33-31(41)36-39-16-18-42-19-17-39)29-27(30)28(34-35-29)22-6-4-21(5-7-22)20-37-12-14-38(15-13-37)23-8-10-32-11-9-23/h1-10,32H,11-20H2,(H,34,35)(H2,33,36,41). The van der Waals surface area contributed by atoms with Crippen molar-refractivity contribution in [3.63, 3.8) is 0 Å². The molecule has 4 aliphatic rings. The fraction of sp³-hybridized carbons (Fsp3) is 0.323. The van der Waals surface area contributed by atoms with E-state index in [0.29, 0.717) is 54.5 Å². The van der Waals surface area contributed by atoms with E-state index in [9.17, 15) is 9.59 Å². The highest BCUT2D eigenvalue weighted by Gasteiger charge is 2.35. The third-order valence-corrected chi connectivity index (χ3v) is 8.25. The zero-order valence-corrected chi connectivity index (χ0v) is 23.4. The van der Waals surface area contributed by atoms with Crippen molar-refractivity contribution < 1.29 is 14.3 Å². The Labute approximate surface area is 244 Å².